The number of nitrogens with one attached hydrogen (secondary N) is 1. The van der Waals surface area contributed by atoms with Crippen molar-refractivity contribution in [2.75, 3.05) is 0 Å². The number of hydrogen-bond acceptors (Lipinski definition) is 5. The molecule has 0 unspecified atom stereocenters. The fourth-order valence-electron chi connectivity index (χ4n) is 3.43. The van der Waals surface area contributed by atoms with Crippen LogP contribution in [-0.2, 0) is 11.3 Å². The van der Waals surface area contributed by atoms with E-state index in [1.165, 1.54) is 24.6 Å². The molecule has 2 aromatic rings. The molecule has 0 saturated heterocycles. The van der Waals surface area contributed by atoms with Crippen molar-refractivity contribution in [3.05, 3.63) is 35.9 Å². The van der Waals surface area contributed by atoms with E-state index in [0.717, 1.165) is 12.0 Å². The molecule has 1 amide bonds. The lowest BCUT2D eigenvalue weighted by atomic mass is 9.78. The molecule has 7 heteroatoms. The number of carbonyl (C=O) groups excluding carboxylic acids is 1. The van der Waals surface area contributed by atoms with Crippen LogP contribution in [0, 0.1) is 11.8 Å². The number of benzene rings is 1. The molecule has 0 spiro atoms. The van der Waals surface area contributed by atoms with E-state index in [9.17, 15) is 4.79 Å². The summed E-state index contributed by atoms with van der Waals surface area (Å²) in [6.45, 7) is 7.03. The van der Waals surface area contributed by atoms with Gasteiger partial charge in [-0.2, -0.15) is 0 Å². The van der Waals surface area contributed by atoms with Crippen LogP contribution in [0.25, 0.3) is 0 Å². The minimum Gasteiger partial charge on any atom is -0.352 e. The molecule has 0 aliphatic heterocycles. The number of thioether (sulfide) groups is 1. The molecule has 0 radical (unpaired) electrons. The van der Waals surface area contributed by atoms with Gasteiger partial charge >= 0.3 is 0 Å². The maximum absolute atomic E-state index is 12.6. The highest BCUT2D eigenvalue weighted by Crippen LogP contribution is 2.30. The Balaban J connectivity index is 1.59. The molecule has 1 aliphatic carbocycles. The zero-order valence-corrected chi connectivity index (χ0v) is 16.4. The number of rotatable bonds is 6. The Morgan fingerprint density at radius 1 is 1.31 bits per heavy atom. The molecule has 26 heavy (non-hydrogen) atoms. The minimum atomic E-state index is -0.236. The van der Waals surface area contributed by atoms with Crippen molar-refractivity contribution in [2.45, 2.75) is 63.0 Å². The quantitative estimate of drug-likeness (QED) is 0.788. The molecule has 1 N–H and O–H groups in total. The first-order valence-corrected chi connectivity index (χ1v) is 10.2. The van der Waals surface area contributed by atoms with Gasteiger partial charge in [-0.25, -0.2) is 4.68 Å². The van der Waals surface area contributed by atoms with Crippen LogP contribution in [0.1, 0.15) is 45.6 Å². The van der Waals surface area contributed by atoms with Gasteiger partial charge in [0.25, 0.3) is 0 Å². The summed E-state index contributed by atoms with van der Waals surface area (Å²) in [4.78, 5) is 12.6. The van der Waals surface area contributed by atoms with Gasteiger partial charge in [-0.3, -0.25) is 4.79 Å². The number of nitrogens with zero attached hydrogens (tertiary/aromatic N) is 4. The molecule has 1 fully saturated rings. The zero-order valence-electron chi connectivity index (χ0n) is 15.6. The van der Waals surface area contributed by atoms with Crippen LogP contribution < -0.4 is 5.32 Å². The summed E-state index contributed by atoms with van der Waals surface area (Å²) in [6, 6.07) is 10.3. The Morgan fingerprint density at radius 2 is 2.08 bits per heavy atom. The molecule has 4 atom stereocenters. The van der Waals surface area contributed by atoms with Gasteiger partial charge in [0.2, 0.25) is 11.1 Å². The summed E-state index contributed by atoms with van der Waals surface area (Å²) in [7, 11) is 0. The van der Waals surface area contributed by atoms with E-state index in [-0.39, 0.29) is 17.2 Å². The molecule has 3 rings (SSSR count). The van der Waals surface area contributed by atoms with Crippen LogP contribution in [0.5, 0.6) is 0 Å². The molecule has 1 heterocycles. The summed E-state index contributed by atoms with van der Waals surface area (Å²) < 4.78 is 1.75. The number of hydrogen-bond donors (Lipinski definition) is 1. The number of aromatic nitrogens is 4. The van der Waals surface area contributed by atoms with Crippen molar-refractivity contribution in [3.63, 3.8) is 0 Å². The first kappa shape index (κ1) is 18.9. The molecule has 1 aromatic carbocycles. The minimum absolute atomic E-state index is 0.0650. The predicted octanol–water partition coefficient (Wildman–Crippen LogP) is 3.14. The Hall–Kier alpha value is -1.89. The standard InChI is InChI=1S/C19H27N5OS/c1-13-8-7-11-17(14(13)2)20-18(25)15(3)26-19-21-22-23-24(19)12-16-9-5-4-6-10-16/h4-6,9-10,13-15,17H,7-8,11-12H2,1-3H3,(H,20,25)/t13-,14+,15-,17+/m0/s1. The van der Waals surface area contributed by atoms with E-state index in [4.69, 9.17) is 0 Å². The molecular formula is C19H27N5OS. The first-order chi connectivity index (χ1) is 12.5. The van der Waals surface area contributed by atoms with Gasteiger partial charge in [0.15, 0.2) is 0 Å². The molecule has 140 valence electrons. The maximum Gasteiger partial charge on any atom is 0.233 e. The second-order valence-corrected chi connectivity index (χ2v) is 8.56. The van der Waals surface area contributed by atoms with E-state index < -0.39 is 0 Å². The number of carbonyl (C=O) groups is 1. The van der Waals surface area contributed by atoms with Crippen molar-refractivity contribution in [2.24, 2.45) is 11.8 Å². The smallest absolute Gasteiger partial charge is 0.233 e. The second-order valence-electron chi connectivity index (χ2n) is 7.25. The SMILES string of the molecule is C[C@@H]1[C@@H](C)CCC[C@H]1NC(=O)[C@H](C)Sc1nnnn1Cc1ccccc1. The zero-order chi connectivity index (χ0) is 18.5. The third-order valence-corrected chi connectivity index (χ3v) is 6.43. The largest absolute Gasteiger partial charge is 0.352 e. The van der Waals surface area contributed by atoms with Crippen molar-refractivity contribution in [3.8, 4) is 0 Å². The van der Waals surface area contributed by atoms with Crippen molar-refractivity contribution >= 4 is 17.7 Å². The first-order valence-electron chi connectivity index (χ1n) is 9.31. The Labute approximate surface area is 159 Å². The average Bonchev–Trinajstić information content (AvgIpc) is 3.06. The van der Waals surface area contributed by atoms with Crippen molar-refractivity contribution < 1.29 is 4.79 Å². The fraction of sp³-hybridized carbons (Fsp3) is 0.579. The van der Waals surface area contributed by atoms with E-state index in [2.05, 4.69) is 34.7 Å². The van der Waals surface area contributed by atoms with Crippen LogP contribution in [0.15, 0.2) is 35.5 Å². The summed E-state index contributed by atoms with van der Waals surface area (Å²) in [5, 5.41) is 15.6. The number of tetrazole rings is 1. The van der Waals surface area contributed by atoms with Gasteiger partial charge in [-0.1, -0.05) is 68.8 Å². The third-order valence-electron chi connectivity index (χ3n) is 5.36. The maximum atomic E-state index is 12.6. The molecule has 1 aromatic heterocycles. The highest BCUT2D eigenvalue weighted by molar-refractivity contribution is 8.00. The van der Waals surface area contributed by atoms with Crippen LogP contribution in [0.2, 0.25) is 0 Å². The van der Waals surface area contributed by atoms with Crippen molar-refractivity contribution in [1.29, 1.82) is 0 Å². The second kappa shape index (κ2) is 8.66. The summed E-state index contributed by atoms with van der Waals surface area (Å²) >= 11 is 1.41. The number of amides is 1. The monoisotopic (exact) mass is 373 g/mol. The van der Waals surface area contributed by atoms with Gasteiger partial charge in [0, 0.05) is 6.04 Å². The Morgan fingerprint density at radius 3 is 2.85 bits per heavy atom. The van der Waals surface area contributed by atoms with E-state index in [1.54, 1.807) is 4.68 Å². The highest BCUT2D eigenvalue weighted by Gasteiger charge is 2.29. The summed E-state index contributed by atoms with van der Waals surface area (Å²) in [5.41, 5.74) is 1.13. The third kappa shape index (κ3) is 4.63. The van der Waals surface area contributed by atoms with Crippen LogP contribution in [0.4, 0.5) is 0 Å². The van der Waals surface area contributed by atoms with Crippen LogP contribution >= 0.6 is 11.8 Å². The van der Waals surface area contributed by atoms with Gasteiger partial charge in [-0.05, 0) is 41.2 Å². The van der Waals surface area contributed by atoms with Crippen LogP contribution in [-0.4, -0.2) is 37.4 Å². The fourth-order valence-corrected chi connectivity index (χ4v) is 4.23. The lowest BCUT2D eigenvalue weighted by Gasteiger charge is -2.35. The van der Waals surface area contributed by atoms with E-state index >= 15 is 0 Å². The topological polar surface area (TPSA) is 72.7 Å². The average molecular weight is 374 g/mol. The van der Waals surface area contributed by atoms with Crippen molar-refractivity contribution in [1.82, 2.24) is 25.5 Å². The summed E-state index contributed by atoms with van der Waals surface area (Å²) in [6.07, 6.45) is 3.51. The Bertz CT molecular complexity index is 720. The molecule has 6 nitrogen and oxygen atoms in total. The highest BCUT2D eigenvalue weighted by atomic mass is 32.2. The predicted molar refractivity (Wildman–Crippen MR) is 103 cm³/mol. The Kier molecular flexibility index (Phi) is 6.29. The normalized spacial score (nSPS) is 24.2. The van der Waals surface area contributed by atoms with Crippen LogP contribution in [0.3, 0.4) is 0 Å². The van der Waals surface area contributed by atoms with E-state index in [1.807, 2.05) is 37.3 Å². The van der Waals surface area contributed by atoms with Gasteiger partial charge < -0.3 is 5.32 Å². The van der Waals surface area contributed by atoms with Gasteiger partial charge in [0.1, 0.15) is 0 Å². The molecular weight excluding hydrogens is 346 g/mol. The van der Waals surface area contributed by atoms with Gasteiger partial charge in [-0.15, -0.1) is 5.10 Å². The summed E-state index contributed by atoms with van der Waals surface area (Å²) in [5.74, 6) is 1.25. The van der Waals surface area contributed by atoms with E-state index in [0.29, 0.717) is 23.5 Å². The lowest BCUT2D eigenvalue weighted by Crippen LogP contribution is -2.46. The molecule has 1 aliphatic rings. The van der Waals surface area contributed by atoms with Gasteiger partial charge in [0.05, 0.1) is 11.8 Å². The molecule has 1 saturated carbocycles. The molecule has 0 bridgehead atoms. The lowest BCUT2D eigenvalue weighted by molar-refractivity contribution is -0.121.